The second-order valence-electron chi connectivity index (χ2n) is 6.03. The number of aryl methyl sites for hydroxylation is 2. The zero-order valence-corrected chi connectivity index (χ0v) is 16.3. The van der Waals surface area contributed by atoms with Gasteiger partial charge < -0.3 is 0 Å². The lowest BCUT2D eigenvalue weighted by Crippen LogP contribution is -2.28. The molecule has 5 aromatic rings. The van der Waals surface area contributed by atoms with Crippen LogP contribution in [0.5, 0.6) is 0 Å². The van der Waals surface area contributed by atoms with Crippen LogP contribution in [0.2, 0.25) is 0 Å². The van der Waals surface area contributed by atoms with Gasteiger partial charge >= 0.3 is 0 Å². The Morgan fingerprint density at radius 1 is 0.560 bits per heavy atom. The van der Waals surface area contributed by atoms with Gasteiger partial charge in [-0.25, -0.2) is 0 Å². The van der Waals surface area contributed by atoms with Gasteiger partial charge in [0, 0.05) is 12.1 Å². The van der Waals surface area contributed by atoms with E-state index in [0.29, 0.717) is 0 Å². The molecule has 2 aromatic carbocycles. The molecular formula is C20H16N2S3+2. The molecule has 0 saturated heterocycles. The van der Waals surface area contributed by atoms with Gasteiger partial charge in [-0.1, -0.05) is 46.9 Å². The van der Waals surface area contributed by atoms with Gasteiger partial charge in [-0.2, -0.15) is 9.13 Å². The van der Waals surface area contributed by atoms with E-state index in [1.807, 2.05) is 34.0 Å². The number of nitrogens with zero attached hydrogens (tertiary/aromatic N) is 2. The van der Waals surface area contributed by atoms with Crippen LogP contribution < -0.4 is 9.13 Å². The Balaban J connectivity index is 1.65. The van der Waals surface area contributed by atoms with E-state index in [1.165, 1.54) is 40.2 Å². The van der Waals surface area contributed by atoms with Gasteiger partial charge in [-0.3, -0.25) is 0 Å². The van der Waals surface area contributed by atoms with Crippen LogP contribution in [-0.4, -0.2) is 0 Å². The van der Waals surface area contributed by atoms with Gasteiger partial charge in [0.25, 0.3) is 10.0 Å². The van der Waals surface area contributed by atoms with Crippen LogP contribution in [0.15, 0.2) is 60.7 Å². The molecule has 25 heavy (non-hydrogen) atoms. The Morgan fingerprint density at radius 3 is 1.44 bits per heavy atom. The van der Waals surface area contributed by atoms with Gasteiger partial charge in [0.15, 0.2) is 0 Å². The number of para-hydroxylation sites is 2. The van der Waals surface area contributed by atoms with Crippen molar-refractivity contribution in [3.63, 3.8) is 0 Å². The van der Waals surface area contributed by atoms with E-state index < -0.39 is 0 Å². The first-order valence-electron chi connectivity index (χ1n) is 8.08. The maximum atomic E-state index is 2.31. The van der Waals surface area contributed by atoms with Crippen LogP contribution in [-0.2, 0) is 14.1 Å². The van der Waals surface area contributed by atoms with Crippen molar-refractivity contribution in [1.29, 1.82) is 0 Å². The summed E-state index contributed by atoms with van der Waals surface area (Å²) in [6.07, 6.45) is 0. The first-order chi connectivity index (χ1) is 12.2. The molecule has 2 nitrogen and oxygen atoms in total. The second-order valence-corrected chi connectivity index (χ2v) is 9.18. The highest BCUT2D eigenvalue weighted by molar-refractivity contribution is 7.28. The van der Waals surface area contributed by atoms with Crippen LogP contribution in [0.25, 0.3) is 40.2 Å². The fraction of sp³-hybridized carbons (Fsp3) is 0.100. The van der Waals surface area contributed by atoms with Crippen molar-refractivity contribution in [3.05, 3.63) is 60.7 Å². The molecule has 3 aromatic heterocycles. The first-order valence-corrected chi connectivity index (χ1v) is 10.5. The molecule has 0 saturated carbocycles. The Labute approximate surface area is 157 Å². The molecule has 0 bridgehead atoms. The lowest BCUT2D eigenvalue weighted by molar-refractivity contribution is -0.629. The molecule has 0 N–H and O–H groups in total. The van der Waals surface area contributed by atoms with E-state index in [4.69, 9.17) is 0 Å². The second kappa shape index (κ2) is 5.73. The highest BCUT2D eigenvalue weighted by Crippen LogP contribution is 2.38. The van der Waals surface area contributed by atoms with E-state index in [0.717, 1.165) is 0 Å². The van der Waals surface area contributed by atoms with Gasteiger partial charge in [0.2, 0.25) is 11.0 Å². The number of hydrogen-bond donors (Lipinski definition) is 0. The van der Waals surface area contributed by atoms with Gasteiger partial charge in [-0.15, -0.1) is 11.3 Å². The number of hydrogen-bond acceptors (Lipinski definition) is 3. The number of fused-ring (bicyclic) bond motifs is 2. The highest BCUT2D eigenvalue weighted by Gasteiger charge is 2.24. The Morgan fingerprint density at radius 2 is 1.00 bits per heavy atom. The molecule has 3 heterocycles. The van der Waals surface area contributed by atoms with Crippen molar-refractivity contribution in [2.45, 2.75) is 0 Å². The van der Waals surface area contributed by atoms with Crippen molar-refractivity contribution >= 4 is 54.4 Å². The lowest BCUT2D eigenvalue weighted by atomic mass is 10.3. The van der Waals surface area contributed by atoms with E-state index in [1.54, 1.807) is 0 Å². The number of thiazole rings is 2. The van der Waals surface area contributed by atoms with Crippen LogP contribution in [0.4, 0.5) is 0 Å². The monoisotopic (exact) mass is 380 g/mol. The van der Waals surface area contributed by atoms with Gasteiger partial charge in [0.1, 0.15) is 33.2 Å². The molecule has 5 heteroatoms. The summed E-state index contributed by atoms with van der Waals surface area (Å²) in [6, 6.07) is 21.7. The molecule has 0 atom stereocenters. The Hall–Kier alpha value is -2.08. The molecule has 5 rings (SSSR count). The standard InChI is InChI=1S/C20H16N2S3/c1-21-13-7-3-5-9-15(13)24-19(21)17-11-12-18(23-17)20-22(2)14-8-4-6-10-16(14)25-20/h3-12H,1-2H3/q+2. The maximum Gasteiger partial charge on any atom is 0.280 e. The third kappa shape index (κ3) is 2.34. The summed E-state index contributed by atoms with van der Waals surface area (Å²) in [5, 5.41) is 2.64. The van der Waals surface area contributed by atoms with Crippen LogP contribution in [0.1, 0.15) is 0 Å². The van der Waals surface area contributed by atoms with E-state index in [9.17, 15) is 0 Å². The number of benzene rings is 2. The maximum absolute atomic E-state index is 2.31. The smallest absolute Gasteiger partial charge is 0.184 e. The zero-order chi connectivity index (χ0) is 17.0. The minimum absolute atomic E-state index is 1.30. The molecule has 0 unspecified atom stereocenters. The summed E-state index contributed by atoms with van der Waals surface area (Å²) in [4.78, 5) is 2.66. The largest absolute Gasteiger partial charge is 0.280 e. The fourth-order valence-corrected chi connectivity index (χ4v) is 6.80. The quantitative estimate of drug-likeness (QED) is 0.374. The Bertz CT molecular complexity index is 1130. The average Bonchev–Trinajstić information content (AvgIpc) is 3.32. The normalized spacial score (nSPS) is 11.6. The summed E-state index contributed by atoms with van der Waals surface area (Å²) < 4.78 is 7.28. The van der Waals surface area contributed by atoms with E-state index in [-0.39, 0.29) is 0 Å². The fourth-order valence-electron chi connectivity index (χ4n) is 3.20. The van der Waals surface area contributed by atoms with E-state index >= 15 is 0 Å². The van der Waals surface area contributed by atoms with Crippen molar-refractivity contribution < 1.29 is 9.13 Å². The summed E-state index contributed by atoms with van der Waals surface area (Å²) in [5.41, 5.74) is 2.59. The average molecular weight is 381 g/mol. The Kier molecular flexibility index (Phi) is 3.48. The van der Waals surface area contributed by atoms with Crippen LogP contribution in [0, 0.1) is 0 Å². The molecular weight excluding hydrogens is 364 g/mol. The summed E-state index contributed by atoms with van der Waals surface area (Å²) in [6.45, 7) is 0. The number of aromatic nitrogens is 2. The molecule has 0 aliphatic rings. The van der Waals surface area contributed by atoms with Crippen molar-refractivity contribution in [2.24, 2.45) is 14.1 Å². The molecule has 0 amide bonds. The zero-order valence-electron chi connectivity index (χ0n) is 13.9. The number of rotatable bonds is 2. The molecule has 0 fully saturated rings. The topological polar surface area (TPSA) is 7.76 Å². The predicted molar refractivity (Wildman–Crippen MR) is 108 cm³/mol. The molecule has 122 valence electrons. The van der Waals surface area contributed by atoms with Gasteiger partial charge in [-0.05, 0) is 24.3 Å². The van der Waals surface area contributed by atoms with Crippen LogP contribution in [0.3, 0.4) is 0 Å². The molecule has 0 radical (unpaired) electrons. The molecule has 0 aliphatic carbocycles. The molecule has 0 spiro atoms. The molecule has 0 aliphatic heterocycles. The summed E-state index contributed by atoms with van der Waals surface area (Å²) >= 11 is 5.61. The van der Waals surface area contributed by atoms with Gasteiger partial charge in [0.05, 0.1) is 0 Å². The minimum Gasteiger partial charge on any atom is -0.184 e. The van der Waals surface area contributed by atoms with E-state index in [2.05, 4.69) is 83.9 Å². The SMILES string of the molecule is C[n+]1c(-c2ccc(-c3sc4ccccc4[n+]3C)s2)sc2ccccc21. The van der Waals surface area contributed by atoms with Crippen molar-refractivity contribution in [1.82, 2.24) is 0 Å². The summed E-state index contributed by atoms with van der Waals surface area (Å²) in [5.74, 6) is 0. The predicted octanol–water partition coefficient (Wildman–Crippen LogP) is 5.16. The highest BCUT2D eigenvalue weighted by atomic mass is 32.1. The number of thiophene rings is 1. The third-order valence-electron chi connectivity index (χ3n) is 4.50. The lowest BCUT2D eigenvalue weighted by Gasteiger charge is -1.90. The third-order valence-corrected chi connectivity index (χ3v) is 8.36. The van der Waals surface area contributed by atoms with Crippen LogP contribution >= 0.6 is 34.0 Å². The first kappa shape index (κ1) is 15.2. The van der Waals surface area contributed by atoms with Crippen molar-refractivity contribution in [3.8, 4) is 19.8 Å². The van der Waals surface area contributed by atoms with Crippen molar-refractivity contribution in [2.75, 3.05) is 0 Å². The summed E-state index contributed by atoms with van der Waals surface area (Å²) in [7, 11) is 4.32. The minimum atomic E-state index is 1.30.